The van der Waals surface area contributed by atoms with E-state index >= 15 is 0 Å². The third kappa shape index (κ3) is 4.46. The number of hydrogen-bond acceptors (Lipinski definition) is 4. The molecule has 4 heteroatoms. The molecule has 0 radical (unpaired) electrons. The average molecular weight is 531 g/mol. The summed E-state index contributed by atoms with van der Waals surface area (Å²) >= 11 is 0. The number of anilines is 4. The summed E-state index contributed by atoms with van der Waals surface area (Å²) < 4.78 is 0. The second-order valence-electron chi connectivity index (χ2n) is 10.8. The van der Waals surface area contributed by atoms with Crippen LogP contribution in [0.15, 0.2) is 121 Å². The van der Waals surface area contributed by atoms with Crippen LogP contribution in [0.25, 0.3) is 55.6 Å². The van der Waals surface area contributed by atoms with Gasteiger partial charge in [-0.1, -0.05) is 84.9 Å². The number of benzene rings is 6. The lowest BCUT2D eigenvalue weighted by Crippen LogP contribution is -1.93. The summed E-state index contributed by atoms with van der Waals surface area (Å²) in [4.78, 5) is 0. The molecule has 6 aromatic carbocycles. The van der Waals surface area contributed by atoms with E-state index in [0.717, 1.165) is 40.0 Å². The van der Waals surface area contributed by atoms with Gasteiger partial charge in [0.2, 0.25) is 0 Å². The van der Waals surface area contributed by atoms with Crippen LogP contribution in [0.4, 0.5) is 22.7 Å². The van der Waals surface area contributed by atoms with E-state index in [1.807, 2.05) is 36.4 Å². The molecule has 0 bridgehead atoms. The highest BCUT2D eigenvalue weighted by Crippen LogP contribution is 2.41. The van der Waals surface area contributed by atoms with Gasteiger partial charge >= 0.3 is 0 Å². The van der Waals surface area contributed by atoms with E-state index in [2.05, 4.69) is 84.9 Å². The Hall–Kier alpha value is -5.48. The summed E-state index contributed by atoms with van der Waals surface area (Å²) in [5.74, 6) is 0. The maximum absolute atomic E-state index is 6.20. The maximum atomic E-state index is 6.20. The molecule has 0 heterocycles. The zero-order valence-corrected chi connectivity index (χ0v) is 22.6. The van der Waals surface area contributed by atoms with Crippen molar-refractivity contribution < 1.29 is 0 Å². The van der Waals surface area contributed by atoms with Crippen LogP contribution < -0.4 is 22.9 Å². The van der Waals surface area contributed by atoms with Gasteiger partial charge in [0.15, 0.2) is 0 Å². The first-order chi connectivity index (χ1) is 19.9. The fraction of sp³-hybridized carbons (Fsp3) is 0.0270. The minimum Gasteiger partial charge on any atom is -0.399 e. The minimum absolute atomic E-state index is 0.708. The largest absolute Gasteiger partial charge is 0.399 e. The maximum Gasteiger partial charge on any atom is 0.0395 e. The van der Waals surface area contributed by atoms with Gasteiger partial charge in [0.1, 0.15) is 0 Å². The van der Waals surface area contributed by atoms with Crippen molar-refractivity contribution in [2.75, 3.05) is 22.9 Å². The molecular formula is C37H30N4. The highest BCUT2D eigenvalue weighted by molar-refractivity contribution is 5.85. The summed E-state index contributed by atoms with van der Waals surface area (Å²) in [6, 6.07) is 41.9. The van der Waals surface area contributed by atoms with E-state index in [9.17, 15) is 0 Å². The van der Waals surface area contributed by atoms with Crippen molar-refractivity contribution in [3.8, 4) is 55.6 Å². The number of hydrogen-bond donors (Lipinski definition) is 4. The fourth-order valence-electron chi connectivity index (χ4n) is 5.90. The Morgan fingerprint density at radius 3 is 1.10 bits per heavy atom. The van der Waals surface area contributed by atoms with E-state index in [-0.39, 0.29) is 0 Å². The zero-order chi connectivity index (χ0) is 28.1. The minimum atomic E-state index is 0.708. The Labute approximate surface area is 239 Å². The molecule has 8 N–H and O–H groups in total. The molecule has 41 heavy (non-hydrogen) atoms. The molecule has 0 fully saturated rings. The summed E-state index contributed by atoms with van der Waals surface area (Å²) in [7, 11) is 0. The molecule has 0 aliphatic heterocycles. The van der Waals surface area contributed by atoms with Crippen LogP contribution in [-0.4, -0.2) is 0 Å². The molecule has 0 atom stereocenters. The molecular weight excluding hydrogens is 500 g/mol. The summed E-state index contributed by atoms with van der Waals surface area (Å²) in [5, 5.41) is 0. The Balaban J connectivity index is 1.13. The van der Waals surface area contributed by atoms with Gasteiger partial charge in [-0.3, -0.25) is 0 Å². The Morgan fingerprint density at radius 1 is 0.317 bits per heavy atom. The Morgan fingerprint density at radius 2 is 0.683 bits per heavy atom. The molecule has 1 aliphatic rings. The third-order valence-electron chi connectivity index (χ3n) is 8.09. The molecule has 0 saturated carbocycles. The molecule has 0 aromatic heterocycles. The summed E-state index contributed by atoms with van der Waals surface area (Å²) in [6.07, 6.45) is 0.919. The van der Waals surface area contributed by atoms with E-state index in [4.69, 9.17) is 22.9 Å². The van der Waals surface area contributed by atoms with Gasteiger partial charge in [0.25, 0.3) is 0 Å². The van der Waals surface area contributed by atoms with E-state index in [1.165, 1.54) is 44.5 Å². The fourth-order valence-corrected chi connectivity index (χ4v) is 5.90. The van der Waals surface area contributed by atoms with E-state index < -0.39 is 0 Å². The van der Waals surface area contributed by atoms with Crippen LogP contribution in [0.2, 0.25) is 0 Å². The predicted octanol–water partition coefficient (Wildman–Crippen LogP) is 8.25. The molecule has 0 amide bonds. The first-order valence-electron chi connectivity index (χ1n) is 13.7. The first kappa shape index (κ1) is 24.6. The summed E-state index contributed by atoms with van der Waals surface area (Å²) in [6.45, 7) is 0. The SMILES string of the molecule is Nc1ccc(N)c(-c2ccc(-c3ccc4c(c3)Cc3cc(-c5ccc(-c6cc(N)ccc6N)cc5)ccc3-4)cc2)c1. The van der Waals surface area contributed by atoms with Gasteiger partial charge in [-0.2, -0.15) is 0 Å². The predicted molar refractivity (Wildman–Crippen MR) is 174 cm³/mol. The Bertz CT molecular complexity index is 1790. The topological polar surface area (TPSA) is 104 Å². The van der Waals surface area contributed by atoms with Crippen molar-refractivity contribution in [3.63, 3.8) is 0 Å². The molecule has 7 rings (SSSR count). The van der Waals surface area contributed by atoms with Crippen molar-refractivity contribution >= 4 is 22.7 Å². The lowest BCUT2D eigenvalue weighted by Gasteiger charge is -2.10. The quantitative estimate of drug-likeness (QED) is 0.172. The van der Waals surface area contributed by atoms with Gasteiger partial charge in [-0.05, 0) is 98.5 Å². The third-order valence-corrected chi connectivity index (χ3v) is 8.09. The van der Waals surface area contributed by atoms with Crippen LogP contribution in [0.1, 0.15) is 11.1 Å². The number of nitrogens with two attached hydrogens (primary N) is 4. The molecule has 0 spiro atoms. The molecule has 4 nitrogen and oxygen atoms in total. The van der Waals surface area contributed by atoms with Crippen LogP contribution in [0.3, 0.4) is 0 Å². The molecule has 0 saturated heterocycles. The van der Waals surface area contributed by atoms with Crippen LogP contribution in [0, 0.1) is 0 Å². The molecule has 6 aromatic rings. The highest BCUT2D eigenvalue weighted by atomic mass is 14.6. The van der Waals surface area contributed by atoms with Crippen LogP contribution in [0.5, 0.6) is 0 Å². The van der Waals surface area contributed by atoms with Crippen molar-refractivity contribution in [2.24, 2.45) is 0 Å². The van der Waals surface area contributed by atoms with Crippen molar-refractivity contribution in [2.45, 2.75) is 6.42 Å². The number of nitrogen functional groups attached to an aromatic ring is 4. The van der Waals surface area contributed by atoms with Crippen molar-refractivity contribution in [3.05, 3.63) is 132 Å². The smallest absolute Gasteiger partial charge is 0.0395 e. The lowest BCUT2D eigenvalue weighted by molar-refractivity contribution is 1.26. The standard InChI is InChI=1S/C37H30N4/c38-30-11-15-36(40)34(20-30)24-5-1-22(2-6-24)26-9-13-32-28(17-26)19-29-18-27(10-14-33(29)32)23-3-7-25(8-4-23)35-21-31(39)12-16-37(35)41/h1-18,20-21H,19,38-41H2. The second-order valence-corrected chi connectivity index (χ2v) is 10.8. The molecule has 0 unspecified atom stereocenters. The normalized spacial score (nSPS) is 11.7. The number of fused-ring (bicyclic) bond motifs is 3. The first-order valence-corrected chi connectivity index (χ1v) is 13.7. The van der Waals surface area contributed by atoms with Gasteiger partial charge in [-0.15, -0.1) is 0 Å². The van der Waals surface area contributed by atoms with Crippen LogP contribution in [-0.2, 0) is 6.42 Å². The summed E-state index contributed by atoms with van der Waals surface area (Å²) in [5.41, 5.74) is 41.4. The van der Waals surface area contributed by atoms with Crippen LogP contribution >= 0.6 is 0 Å². The Kier molecular flexibility index (Phi) is 5.76. The monoisotopic (exact) mass is 530 g/mol. The molecule has 1 aliphatic carbocycles. The zero-order valence-electron chi connectivity index (χ0n) is 22.6. The van der Waals surface area contributed by atoms with Gasteiger partial charge in [-0.25, -0.2) is 0 Å². The lowest BCUT2D eigenvalue weighted by atomic mass is 9.96. The van der Waals surface area contributed by atoms with Crippen molar-refractivity contribution in [1.82, 2.24) is 0 Å². The van der Waals surface area contributed by atoms with Gasteiger partial charge < -0.3 is 22.9 Å². The molecule has 198 valence electrons. The van der Waals surface area contributed by atoms with E-state index in [0.29, 0.717) is 11.4 Å². The van der Waals surface area contributed by atoms with Gasteiger partial charge in [0, 0.05) is 33.9 Å². The average Bonchev–Trinajstić information content (AvgIpc) is 3.37. The van der Waals surface area contributed by atoms with E-state index in [1.54, 1.807) is 0 Å². The number of rotatable bonds is 4. The highest BCUT2D eigenvalue weighted by Gasteiger charge is 2.20. The van der Waals surface area contributed by atoms with Crippen molar-refractivity contribution in [1.29, 1.82) is 0 Å². The van der Waals surface area contributed by atoms with Gasteiger partial charge in [0.05, 0.1) is 0 Å². The second kappa shape index (κ2) is 9.61.